The van der Waals surface area contributed by atoms with Gasteiger partial charge in [-0.25, -0.2) is 0 Å². The van der Waals surface area contributed by atoms with Crippen LogP contribution in [0.25, 0.3) is 0 Å². The smallest absolute Gasteiger partial charge is 0.248 e. The quantitative estimate of drug-likeness (QED) is 0.725. The first-order valence-electron chi connectivity index (χ1n) is 6.20. The summed E-state index contributed by atoms with van der Waals surface area (Å²) < 4.78 is 10.9. The first-order valence-corrected chi connectivity index (χ1v) is 6.20. The van der Waals surface area contributed by atoms with E-state index in [0.29, 0.717) is 34.1 Å². The Morgan fingerprint density at radius 1 is 1.14 bits per heavy atom. The summed E-state index contributed by atoms with van der Waals surface area (Å²) in [5.41, 5.74) is 12.3. The highest BCUT2D eigenvalue weighted by Crippen LogP contribution is 2.35. The summed E-state index contributed by atoms with van der Waals surface area (Å²) in [5.74, 6) is 0.751. The predicted octanol–water partition coefficient (Wildman–Crippen LogP) is 1.66. The van der Waals surface area contributed by atoms with Crippen LogP contribution in [0.1, 0.15) is 15.9 Å². The Kier molecular flexibility index (Phi) is 4.30. The van der Waals surface area contributed by atoms with Gasteiger partial charge in [0.05, 0.1) is 19.4 Å². The van der Waals surface area contributed by atoms with Gasteiger partial charge in [-0.3, -0.25) is 4.79 Å². The van der Waals surface area contributed by atoms with Gasteiger partial charge in [-0.2, -0.15) is 0 Å². The lowest BCUT2D eigenvalue weighted by Crippen LogP contribution is -2.11. The number of nitrogens with two attached hydrogens (primary N) is 2. The largest absolute Gasteiger partial charge is 0.493 e. The van der Waals surface area contributed by atoms with Gasteiger partial charge in [0.2, 0.25) is 5.91 Å². The van der Waals surface area contributed by atoms with Crippen molar-refractivity contribution >= 4 is 11.6 Å². The summed E-state index contributed by atoms with van der Waals surface area (Å²) in [6.45, 7) is -0.0912. The van der Waals surface area contributed by atoms with Crippen LogP contribution in [0.5, 0.6) is 17.2 Å². The maximum Gasteiger partial charge on any atom is 0.248 e. The van der Waals surface area contributed by atoms with Crippen molar-refractivity contribution in [1.29, 1.82) is 0 Å². The van der Waals surface area contributed by atoms with Crippen molar-refractivity contribution in [3.8, 4) is 17.2 Å². The van der Waals surface area contributed by atoms with Gasteiger partial charge in [0, 0.05) is 5.56 Å². The predicted molar refractivity (Wildman–Crippen MR) is 78.4 cm³/mol. The molecular formula is C15H16N2O4. The lowest BCUT2D eigenvalue weighted by Gasteiger charge is -2.13. The molecule has 2 aromatic carbocycles. The zero-order valence-electron chi connectivity index (χ0n) is 11.5. The Labute approximate surface area is 121 Å². The SMILES string of the molecule is COc1cc(CO)ccc1Oc1ccc(C(N)=O)cc1N. The zero-order chi connectivity index (χ0) is 15.4. The molecule has 5 N–H and O–H groups in total. The molecule has 0 saturated heterocycles. The summed E-state index contributed by atoms with van der Waals surface area (Å²) in [7, 11) is 1.50. The molecule has 2 aromatic rings. The van der Waals surface area contributed by atoms with Crippen LogP contribution in [0, 0.1) is 0 Å². The number of anilines is 1. The van der Waals surface area contributed by atoms with E-state index in [9.17, 15) is 4.79 Å². The number of rotatable bonds is 5. The molecular weight excluding hydrogens is 272 g/mol. The molecule has 0 aliphatic carbocycles. The topological polar surface area (TPSA) is 108 Å². The van der Waals surface area contributed by atoms with Crippen molar-refractivity contribution in [3.63, 3.8) is 0 Å². The van der Waals surface area contributed by atoms with Gasteiger partial charge in [-0.15, -0.1) is 0 Å². The highest BCUT2D eigenvalue weighted by Gasteiger charge is 2.10. The molecule has 21 heavy (non-hydrogen) atoms. The number of nitrogen functional groups attached to an aromatic ring is 1. The number of methoxy groups -OCH3 is 1. The first kappa shape index (κ1) is 14.7. The number of ether oxygens (including phenoxy) is 2. The van der Waals surface area contributed by atoms with Gasteiger partial charge < -0.3 is 26.0 Å². The molecule has 0 fully saturated rings. The van der Waals surface area contributed by atoms with Crippen LogP contribution in [-0.4, -0.2) is 18.1 Å². The number of aliphatic hydroxyl groups excluding tert-OH is 1. The molecule has 0 saturated carbocycles. The molecule has 0 unspecified atom stereocenters. The Hall–Kier alpha value is -2.73. The van der Waals surface area contributed by atoms with Crippen molar-refractivity contribution in [2.45, 2.75) is 6.61 Å². The van der Waals surface area contributed by atoms with Crippen molar-refractivity contribution in [2.24, 2.45) is 5.73 Å². The summed E-state index contributed by atoms with van der Waals surface area (Å²) in [5, 5.41) is 9.10. The molecule has 0 radical (unpaired) electrons. The van der Waals surface area contributed by atoms with Gasteiger partial charge in [-0.1, -0.05) is 6.07 Å². The van der Waals surface area contributed by atoms with Crippen LogP contribution in [0.2, 0.25) is 0 Å². The molecule has 110 valence electrons. The Balaban J connectivity index is 2.32. The minimum absolute atomic E-state index is 0.0912. The van der Waals surface area contributed by atoms with Crippen LogP contribution in [0.15, 0.2) is 36.4 Å². The Morgan fingerprint density at radius 2 is 1.86 bits per heavy atom. The van der Waals surface area contributed by atoms with Crippen LogP contribution < -0.4 is 20.9 Å². The second-order valence-corrected chi connectivity index (χ2v) is 4.36. The fourth-order valence-corrected chi connectivity index (χ4v) is 1.81. The van der Waals surface area contributed by atoms with Crippen molar-refractivity contribution < 1.29 is 19.4 Å². The van der Waals surface area contributed by atoms with Crippen LogP contribution in [-0.2, 0) is 6.61 Å². The van der Waals surface area contributed by atoms with E-state index in [4.69, 9.17) is 26.0 Å². The van der Waals surface area contributed by atoms with Crippen LogP contribution in [0.4, 0.5) is 5.69 Å². The average molecular weight is 288 g/mol. The number of aliphatic hydroxyl groups is 1. The number of hydrogen-bond donors (Lipinski definition) is 3. The number of carbonyl (C=O) groups excluding carboxylic acids is 1. The fraction of sp³-hybridized carbons (Fsp3) is 0.133. The first-order chi connectivity index (χ1) is 10.0. The van der Waals surface area contributed by atoms with Crippen LogP contribution >= 0.6 is 0 Å². The molecule has 0 bridgehead atoms. The highest BCUT2D eigenvalue weighted by molar-refractivity contribution is 5.94. The molecule has 0 aliphatic rings. The Bertz CT molecular complexity index is 671. The van der Waals surface area contributed by atoms with Gasteiger partial charge in [0.25, 0.3) is 0 Å². The lowest BCUT2D eigenvalue weighted by atomic mass is 10.1. The third-order valence-electron chi connectivity index (χ3n) is 2.92. The number of benzene rings is 2. The second kappa shape index (κ2) is 6.15. The van der Waals surface area contributed by atoms with E-state index in [0.717, 1.165) is 0 Å². The average Bonchev–Trinajstić information content (AvgIpc) is 2.49. The lowest BCUT2D eigenvalue weighted by molar-refractivity contribution is 0.100. The van der Waals surface area contributed by atoms with E-state index in [2.05, 4.69) is 0 Å². The summed E-state index contributed by atoms with van der Waals surface area (Å²) in [4.78, 5) is 11.1. The molecule has 2 rings (SSSR count). The third-order valence-corrected chi connectivity index (χ3v) is 2.92. The molecule has 6 nitrogen and oxygen atoms in total. The summed E-state index contributed by atoms with van der Waals surface area (Å²) in [6, 6.07) is 9.60. The van der Waals surface area contributed by atoms with E-state index in [1.807, 2.05) is 0 Å². The molecule has 1 amide bonds. The fourth-order valence-electron chi connectivity index (χ4n) is 1.81. The molecule has 0 atom stereocenters. The summed E-state index contributed by atoms with van der Waals surface area (Å²) in [6.07, 6.45) is 0. The highest BCUT2D eigenvalue weighted by atomic mass is 16.5. The van der Waals surface area contributed by atoms with Gasteiger partial charge in [0.15, 0.2) is 17.2 Å². The van der Waals surface area contributed by atoms with E-state index >= 15 is 0 Å². The number of hydrogen-bond acceptors (Lipinski definition) is 5. The van der Waals surface area contributed by atoms with Crippen molar-refractivity contribution in [1.82, 2.24) is 0 Å². The Morgan fingerprint density at radius 3 is 2.43 bits per heavy atom. The van der Waals surface area contributed by atoms with Gasteiger partial charge >= 0.3 is 0 Å². The van der Waals surface area contributed by atoms with Crippen LogP contribution in [0.3, 0.4) is 0 Å². The minimum atomic E-state index is -0.557. The number of amides is 1. The van der Waals surface area contributed by atoms with Crippen molar-refractivity contribution in [3.05, 3.63) is 47.5 Å². The maximum atomic E-state index is 11.1. The zero-order valence-corrected chi connectivity index (χ0v) is 11.5. The molecule has 0 aliphatic heterocycles. The number of carbonyl (C=O) groups is 1. The third kappa shape index (κ3) is 3.24. The van der Waals surface area contributed by atoms with Gasteiger partial charge in [0.1, 0.15) is 0 Å². The molecule has 0 aromatic heterocycles. The van der Waals surface area contributed by atoms with E-state index in [-0.39, 0.29) is 6.61 Å². The normalized spacial score (nSPS) is 10.2. The standard InChI is InChI=1S/C15H16N2O4/c1-20-14-6-9(8-18)2-4-13(14)21-12-5-3-10(15(17)19)7-11(12)16/h2-7,18H,8,16H2,1H3,(H2,17,19). The molecule has 0 spiro atoms. The monoisotopic (exact) mass is 288 g/mol. The number of primary amides is 1. The second-order valence-electron chi connectivity index (χ2n) is 4.36. The van der Waals surface area contributed by atoms with Gasteiger partial charge in [-0.05, 0) is 35.9 Å². The summed E-state index contributed by atoms with van der Waals surface area (Å²) >= 11 is 0. The minimum Gasteiger partial charge on any atom is -0.493 e. The molecule has 0 heterocycles. The maximum absolute atomic E-state index is 11.1. The molecule has 6 heteroatoms. The van der Waals surface area contributed by atoms with E-state index < -0.39 is 5.91 Å². The van der Waals surface area contributed by atoms with Crippen molar-refractivity contribution in [2.75, 3.05) is 12.8 Å². The van der Waals surface area contributed by atoms with E-state index in [1.165, 1.54) is 19.2 Å². The van der Waals surface area contributed by atoms with E-state index in [1.54, 1.807) is 24.3 Å².